The van der Waals surface area contributed by atoms with Gasteiger partial charge in [0.25, 0.3) is 0 Å². The van der Waals surface area contributed by atoms with Gasteiger partial charge in [0.05, 0.1) is 11.2 Å². The highest BCUT2D eigenvalue weighted by Gasteiger charge is 2.18. The van der Waals surface area contributed by atoms with Crippen molar-refractivity contribution in [2.24, 2.45) is 0 Å². The van der Waals surface area contributed by atoms with Gasteiger partial charge in [-0.2, -0.15) is 19.6 Å². The van der Waals surface area contributed by atoms with Crippen LogP contribution in [0.15, 0.2) is 0 Å². The first-order valence-corrected chi connectivity index (χ1v) is 7.50. The van der Waals surface area contributed by atoms with Crippen LogP contribution in [0.4, 0.5) is 0 Å². The van der Waals surface area contributed by atoms with E-state index in [4.69, 9.17) is 19.6 Å². The molecule has 0 aromatic rings. The second kappa shape index (κ2) is 11.3. The van der Waals surface area contributed by atoms with Crippen molar-refractivity contribution in [1.29, 1.82) is 0 Å². The van der Waals surface area contributed by atoms with Crippen molar-refractivity contribution in [2.75, 3.05) is 0 Å². The molecule has 0 atom stereocenters. The maximum Gasteiger partial charge on any atom is 0.230 e. The molecule has 0 aromatic heterocycles. The van der Waals surface area contributed by atoms with Gasteiger partial charge in [-0.3, -0.25) is 0 Å². The van der Waals surface area contributed by atoms with Crippen LogP contribution in [0, 0.1) is 0 Å². The van der Waals surface area contributed by atoms with E-state index in [0.717, 1.165) is 19.3 Å². The Morgan fingerprint density at radius 3 is 1.50 bits per heavy atom. The maximum absolute atomic E-state index is 4.89. The van der Waals surface area contributed by atoms with Gasteiger partial charge in [0.15, 0.2) is 0 Å². The van der Waals surface area contributed by atoms with Crippen molar-refractivity contribution >= 4 is 0 Å². The molecule has 0 rings (SSSR count). The van der Waals surface area contributed by atoms with E-state index in [0.29, 0.717) is 6.42 Å². The van der Waals surface area contributed by atoms with Crippen molar-refractivity contribution in [1.82, 2.24) is 0 Å². The Bertz CT molecular complexity index is 237. The first-order chi connectivity index (χ1) is 10.1. The third kappa shape index (κ3) is 16.1. The van der Waals surface area contributed by atoms with Gasteiger partial charge in [0, 0.05) is 6.42 Å². The Morgan fingerprint density at radius 2 is 1.14 bits per heavy atom. The average Bonchev–Trinajstić information content (AvgIpc) is 2.36. The first kappa shape index (κ1) is 21.7. The second-order valence-corrected chi connectivity index (χ2v) is 6.78. The van der Waals surface area contributed by atoms with E-state index < -0.39 is 17.5 Å². The number of hydrogen-bond acceptors (Lipinski definition) is 8. The van der Waals surface area contributed by atoms with Gasteiger partial charge < -0.3 is 0 Å². The molecule has 0 heterocycles. The molecule has 0 spiro atoms. The highest BCUT2D eigenvalue weighted by molar-refractivity contribution is 4.54. The molecule has 22 heavy (non-hydrogen) atoms. The summed E-state index contributed by atoms with van der Waals surface area (Å²) in [7, 11) is 0. The molecule has 0 aliphatic heterocycles. The minimum atomic E-state index is -0.848. The maximum atomic E-state index is 4.89. The molecule has 0 amide bonds. The Hall–Kier alpha value is -0.320. The van der Waals surface area contributed by atoms with Gasteiger partial charge >= 0.3 is 0 Å². The highest BCUT2D eigenvalue weighted by atomic mass is 17.7. The topological polar surface area (TPSA) is 73.8 Å². The Balaban J connectivity index is 3.93. The predicted molar refractivity (Wildman–Crippen MR) is 76.1 cm³/mol. The summed E-state index contributed by atoms with van der Waals surface area (Å²) in [6.45, 7) is 12.9. The van der Waals surface area contributed by atoms with E-state index in [-0.39, 0.29) is 0 Å². The van der Waals surface area contributed by atoms with Crippen LogP contribution in [0.1, 0.15) is 74.1 Å². The zero-order valence-corrected chi connectivity index (χ0v) is 14.7. The highest BCUT2D eigenvalue weighted by Crippen LogP contribution is 2.13. The van der Waals surface area contributed by atoms with Gasteiger partial charge in [-0.05, 0) is 68.1 Å². The van der Waals surface area contributed by atoms with E-state index in [1.54, 1.807) is 41.5 Å². The largest absolute Gasteiger partial charge is 0.230 e. The van der Waals surface area contributed by atoms with Gasteiger partial charge in [0.1, 0.15) is 0 Å². The molecule has 0 unspecified atom stereocenters. The van der Waals surface area contributed by atoms with E-state index in [1.165, 1.54) is 0 Å². The summed E-state index contributed by atoms with van der Waals surface area (Å²) in [5.41, 5.74) is -1.05. The van der Waals surface area contributed by atoms with Crippen LogP contribution >= 0.6 is 0 Å². The van der Waals surface area contributed by atoms with E-state index in [2.05, 4.69) is 27.1 Å². The summed E-state index contributed by atoms with van der Waals surface area (Å²) >= 11 is 0. The van der Waals surface area contributed by atoms with Crippen molar-refractivity contribution in [3.05, 3.63) is 0 Å². The van der Waals surface area contributed by atoms with Crippen LogP contribution in [-0.4, -0.2) is 17.5 Å². The number of hydrogen-bond donors (Lipinski definition) is 0. The molecule has 0 aromatic carbocycles. The summed E-state index contributed by atoms with van der Waals surface area (Å²) in [5.74, 6) is 0. The SMILES string of the molecule is CCCCCC(OOOOC(C)(C)C)OOOOC(C)(C)C. The Kier molecular flexibility index (Phi) is 11.1. The normalized spacial score (nSPS) is 13.1. The molecule has 0 aliphatic carbocycles. The molecule has 0 bridgehead atoms. The molecule has 0 saturated carbocycles. The summed E-state index contributed by atoms with van der Waals surface area (Å²) in [6, 6.07) is 0. The predicted octanol–water partition coefficient (Wildman–Crippen LogP) is 4.11. The first-order valence-electron chi connectivity index (χ1n) is 7.50. The molecule has 8 nitrogen and oxygen atoms in total. The molecule has 134 valence electrons. The third-order valence-electron chi connectivity index (χ3n) is 1.96. The van der Waals surface area contributed by atoms with Crippen molar-refractivity contribution in [2.45, 2.75) is 91.6 Å². The van der Waals surface area contributed by atoms with E-state index in [1.807, 2.05) is 0 Å². The second-order valence-electron chi connectivity index (χ2n) is 6.78. The molecule has 0 saturated heterocycles. The van der Waals surface area contributed by atoms with Crippen LogP contribution in [0.2, 0.25) is 0 Å². The lowest BCUT2D eigenvalue weighted by atomic mass is 10.2. The monoisotopic (exact) mass is 326 g/mol. The molecule has 0 fully saturated rings. The fourth-order valence-corrected chi connectivity index (χ4v) is 1.02. The summed E-state index contributed by atoms with van der Waals surface area (Å²) < 4.78 is 0. The van der Waals surface area contributed by atoms with Crippen LogP contribution < -0.4 is 0 Å². The quantitative estimate of drug-likeness (QED) is 0.229. The Morgan fingerprint density at radius 1 is 0.682 bits per heavy atom. The van der Waals surface area contributed by atoms with Gasteiger partial charge in [0.2, 0.25) is 6.29 Å². The molecular formula is C14H30O8. The molecule has 8 heteroatoms. The zero-order chi connectivity index (χ0) is 17.1. The fourth-order valence-electron chi connectivity index (χ4n) is 1.02. The molecule has 0 aliphatic rings. The molecule has 0 N–H and O–H groups in total. The van der Waals surface area contributed by atoms with Crippen molar-refractivity contribution < 1.29 is 39.7 Å². The fraction of sp³-hybridized carbons (Fsp3) is 1.00. The Labute approximate surface area is 132 Å². The minimum absolute atomic E-state index is 0.519. The van der Waals surface area contributed by atoms with Crippen LogP contribution in [-0.2, 0) is 39.7 Å². The lowest BCUT2D eigenvalue weighted by Crippen LogP contribution is -2.24. The molecule has 0 radical (unpaired) electrons. The summed E-state index contributed by atoms with van der Waals surface area (Å²) in [6.07, 6.45) is 2.60. The van der Waals surface area contributed by atoms with Gasteiger partial charge in [-0.1, -0.05) is 19.8 Å². The van der Waals surface area contributed by atoms with Crippen molar-refractivity contribution in [3.8, 4) is 0 Å². The number of rotatable bonds is 12. The van der Waals surface area contributed by atoms with Crippen LogP contribution in [0.5, 0.6) is 0 Å². The molecular weight excluding hydrogens is 296 g/mol. The minimum Gasteiger partial charge on any atom is -0.198 e. The van der Waals surface area contributed by atoms with Gasteiger partial charge in [-0.15, -0.1) is 0 Å². The lowest BCUT2D eigenvalue weighted by molar-refractivity contribution is -0.710. The van der Waals surface area contributed by atoms with Gasteiger partial charge in [-0.25, -0.2) is 0 Å². The average molecular weight is 326 g/mol. The standard InChI is InChI=1S/C14H30O8/c1-8-9-10-11-12(15-19-21-17-13(2,3)4)16-20-22-18-14(5,6)7/h12H,8-11H2,1-7H3. The smallest absolute Gasteiger partial charge is 0.198 e. The third-order valence-corrected chi connectivity index (χ3v) is 1.96. The lowest BCUT2D eigenvalue weighted by Gasteiger charge is -2.18. The van der Waals surface area contributed by atoms with E-state index >= 15 is 0 Å². The van der Waals surface area contributed by atoms with E-state index in [9.17, 15) is 0 Å². The van der Waals surface area contributed by atoms with Crippen molar-refractivity contribution in [3.63, 3.8) is 0 Å². The summed E-state index contributed by atoms with van der Waals surface area (Å²) in [4.78, 5) is 19.5. The van der Waals surface area contributed by atoms with Crippen LogP contribution in [0.3, 0.4) is 0 Å². The van der Waals surface area contributed by atoms with Crippen LogP contribution in [0.25, 0.3) is 0 Å². The number of unbranched alkanes of at least 4 members (excludes halogenated alkanes) is 2. The summed E-state index contributed by atoms with van der Waals surface area (Å²) in [5, 5.41) is 17.9. The zero-order valence-electron chi connectivity index (χ0n) is 14.7.